The quantitative estimate of drug-likeness (QED) is 0.611. The maximum absolute atomic E-state index is 11.4. The summed E-state index contributed by atoms with van der Waals surface area (Å²) in [6.07, 6.45) is 4.65. The number of carbonyl (C=O) groups is 1. The minimum Gasteiger partial charge on any atom is -0.299 e. The van der Waals surface area contributed by atoms with Gasteiger partial charge >= 0.3 is 0 Å². The molecular formula is C10H18O. The molecule has 0 aromatic carbocycles. The first-order valence-corrected chi connectivity index (χ1v) is 4.53. The van der Waals surface area contributed by atoms with Crippen molar-refractivity contribution >= 4 is 5.78 Å². The summed E-state index contributed by atoms with van der Waals surface area (Å²) in [4.78, 5) is 11.4. The molecule has 0 bridgehead atoms. The van der Waals surface area contributed by atoms with E-state index in [1.165, 1.54) is 12.8 Å². The number of ketones is 1. The molecule has 0 saturated heterocycles. The average Bonchev–Trinajstić information content (AvgIpc) is 2.62. The first kappa shape index (κ1) is 8.76. The molecule has 1 fully saturated rings. The Morgan fingerprint density at radius 3 is 2.27 bits per heavy atom. The van der Waals surface area contributed by atoms with Gasteiger partial charge in [0.05, 0.1) is 0 Å². The number of hydrogen-bond acceptors (Lipinski definition) is 1. The van der Waals surface area contributed by atoms with Crippen LogP contribution in [0.2, 0.25) is 0 Å². The average molecular weight is 154 g/mol. The van der Waals surface area contributed by atoms with Gasteiger partial charge in [-0.15, -0.1) is 0 Å². The van der Waals surface area contributed by atoms with Gasteiger partial charge in [0.1, 0.15) is 5.78 Å². The fourth-order valence-corrected chi connectivity index (χ4v) is 1.12. The van der Waals surface area contributed by atoms with E-state index in [1.807, 2.05) is 20.8 Å². The summed E-state index contributed by atoms with van der Waals surface area (Å²) in [7, 11) is 0. The van der Waals surface area contributed by atoms with Crippen LogP contribution in [0, 0.1) is 11.3 Å². The van der Waals surface area contributed by atoms with E-state index in [0.717, 1.165) is 18.8 Å². The molecule has 0 spiro atoms. The number of hydrogen-bond donors (Lipinski definition) is 0. The topological polar surface area (TPSA) is 17.1 Å². The molecule has 0 unspecified atom stereocenters. The highest BCUT2D eigenvalue weighted by atomic mass is 16.1. The lowest BCUT2D eigenvalue weighted by molar-refractivity contribution is -0.126. The zero-order valence-electron chi connectivity index (χ0n) is 7.81. The van der Waals surface area contributed by atoms with Crippen LogP contribution in [0.15, 0.2) is 0 Å². The van der Waals surface area contributed by atoms with Gasteiger partial charge < -0.3 is 0 Å². The zero-order valence-corrected chi connectivity index (χ0v) is 7.81. The Bertz CT molecular complexity index is 149. The van der Waals surface area contributed by atoms with Crippen LogP contribution in [-0.4, -0.2) is 5.78 Å². The summed E-state index contributed by atoms with van der Waals surface area (Å²) in [6, 6.07) is 0. The zero-order chi connectivity index (χ0) is 8.48. The standard InChI is InChI=1S/C10H18O/c1-10(2,3)9(11)7-6-8-4-5-8/h8H,4-7H2,1-3H3. The van der Waals surface area contributed by atoms with Crippen LogP contribution in [0.3, 0.4) is 0 Å². The Kier molecular flexibility index (Phi) is 2.36. The first-order chi connectivity index (χ1) is 5.00. The van der Waals surface area contributed by atoms with Crippen LogP contribution in [0.5, 0.6) is 0 Å². The molecule has 1 rings (SSSR count). The van der Waals surface area contributed by atoms with Crippen molar-refractivity contribution in [2.24, 2.45) is 11.3 Å². The van der Waals surface area contributed by atoms with E-state index in [9.17, 15) is 4.79 Å². The lowest BCUT2D eigenvalue weighted by atomic mass is 9.88. The Hall–Kier alpha value is -0.330. The predicted molar refractivity (Wildman–Crippen MR) is 46.4 cm³/mol. The van der Waals surface area contributed by atoms with Crippen molar-refractivity contribution in [3.05, 3.63) is 0 Å². The Morgan fingerprint density at radius 1 is 1.36 bits per heavy atom. The van der Waals surface area contributed by atoms with Crippen molar-refractivity contribution in [1.82, 2.24) is 0 Å². The molecule has 1 nitrogen and oxygen atoms in total. The van der Waals surface area contributed by atoms with Crippen molar-refractivity contribution in [2.45, 2.75) is 46.5 Å². The molecule has 0 N–H and O–H groups in total. The van der Waals surface area contributed by atoms with E-state index in [4.69, 9.17) is 0 Å². The molecule has 1 saturated carbocycles. The highest BCUT2D eigenvalue weighted by Crippen LogP contribution is 2.34. The summed E-state index contributed by atoms with van der Waals surface area (Å²) in [5.41, 5.74) is -0.116. The summed E-state index contributed by atoms with van der Waals surface area (Å²) >= 11 is 0. The summed E-state index contributed by atoms with van der Waals surface area (Å²) < 4.78 is 0. The van der Waals surface area contributed by atoms with Gasteiger partial charge in [0.2, 0.25) is 0 Å². The highest BCUT2D eigenvalue weighted by molar-refractivity contribution is 5.83. The number of Topliss-reactive ketones (excluding diaryl/α,β-unsaturated/α-hetero) is 1. The van der Waals surface area contributed by atoms with E-state index in [2.05, 4.69) is 0 Å². The fourth-order valence-electron chi connectivity index (χ4n) is 1.12. The molecule has 0 amide bonds. The lowest BCUT2D eigenvalue weighted by Crippen LogP contribution is -2.19. The second-order valence-corrected chi connectivity index (χ2v) is 4.66. The molecule has 0 aromatic rings. The van der Waals surface area contributed by atoms with E-state index in [0.29, 0.717) is 5.78 Å². The number of carbonyl (C=O) groups excluding carboxylic acids is 1. The summed E-state index contributed by atoms with van der Waals surface area (Å²) in [5.74, 6) is 1.31. The van der Waals surface area contributed by atoms with Crippen LogP contribution in [0.25, 0.3) is 0 Å². The molecule has 0 aromatic heterocycles. The molecule has 64 valence electrons. The largest absolute Gasteiger partial charge is 0.299 e. The molecule has 0 atom stereocenters. The molecule has 0 heterocycles. The first-order valence-electron chi connectivity index (χ1n) is 4.53. The van der Waals surface area contributed by atoms with E-state index in [1.54, 1.807) is 0 Å². The molecular weight excluding hydrogens is 136 g/mol. The van der Waals surface area contributed by atoms with Crippen molar-refractivity contribution in [1.29, 1.82) is 0 Å². The van der Waals surface area contributed by atoms with Gasteiger partial charge in [-0.25, -0.2) is 0 Å². The fraction of sp³-hybridized carbons (Fsp3) is 0.900. The van der Waals surface area contributed by atoms with Gasteiger partial charge in [0, 0.05) is 11.8 Å². The lowest BCUT2D eigenvalue weighted by Gasteiger charge is -2.15. The van der Waals surface area contributed by atoms with Crippen LogP contribution >= 0.6 is 0 Å². The minimum atomic E-state index is -0.116. The molecule has 0 radical (unpaired) electrons. The third kappa shape index (κ3) is 3.04. The second kappa shape index (κ2) is 2.96. The normalized spacial score (nSPS) is 18.5. The Balaban J connectivity index is 2.19. The molecule has 1 heteroatoms. The van der Waals surface area contributed by atoms with Gasteiger partial charge in [-0.1, -0.05) is 33.6 Å². The Morgan fingerprint density at radius 2 is 1.91 bits per heavy atom. The van der Waals surface area contributed by atoms with Crippen molar-refractivity contribution < 1.29 is 4.79 Å². The maximum atomic E-state index is 11.4. The van der Waals surface area contributed by atoms with Crippen molar-refractivity contribution in [3.63, 3.8) is 0 Å². The minimum absolute atomic E-state index is 0.116. The molecule has 1 aliphatic rings. The van der Waals surface area contributed by atoms with Crippen LogP contribution in [0.1, 0.15) is 46.5 Å². The van der Waals surface area contributed by atoms with Crippen molar-refractivity contribution in [2.75, 3.05) is 0 Å². The maximum Gasteiger partial charge on any atom is 0.138 e. The van der Waals surface area contributed by atoms with Crippen molar-refractivity contribution in [3.8, 4) is 0 Å². The van der Waals surface area contributed by atoms with E-state index >= 15 is 0 Å². The molecule has 0 aliphatic heterocycles. The van der Waals surface area contributed by atoms with Crippen LogP contribution in [-0.2, 0) is 4.79 Å². The SMILES string of the molecule is CC(C)(C)C(=O)CCC1CC1. The third-order valence-electron chi connectivity index (χ3n) is 2.31. The van der Waals surface area contributed by atoms with Gasteiger partial charge in [0.15, 0.2) is 0 Å². The van der Waals surface area contributed by atoms with Gasteiger partial charge in [-0.05, 0) is 12.3 Å². The van der Waals surface area contributed by atoms with Gasteiger partial charge in [0.25, 0.3) is 0 Å². The summed E-state index contributed by atoms with van der Waals surface area (Å²) in [5, 5.41) is 0. The van der Waals surface area contributed by atoms with Gasteiger partial charge in [-0.2, -0.15) is 0 Å². The highest BCUT2D eigenvalue weighted by Gasteiger charge is 2.26. The molecule has 1 aliphatic carbocycles. The predicted octanol–water partition coefficient (Wildman–Crippen LogP) is 2.79. The second-order valence-electron chi connectivity index (χ2n) is 4.66. The van der Waals surface area contributed by atoms with Crippen LogP contribution < -0.4 is 0 Å². The van der Waals surface area contributed by atoms with E-state index < -0.39 is 0 Å². The van der Waals surface area contributed by atoms with E-state index in [-0.39, 0.29) is 5.41 Å². The Labute approximate surface area is 69.2 Å². The van der Waals surface area contributed by atoms with Gasteiger partial charge in [-0.3, -0.25) is 4.79 Å². The van der Waals surface area contributed by atoms with Crippen LogP contribution in [0.4, 0.5) is 0 Å². The monoisotopic (exact) mass is 154 g/mol. The smallest absolute Gasteiger partial charge is 0.138 e. The molecule has 11 heavy (non-hydrogen) atoms. The third-order valence-corrected chi connectivity index (χ3v) is 2.31. The number of rotatable bonds is 3. The summed E-state index contributed by atoms with van der Waals surface area (Å²) in [6.45, 7) is 6.01.